The average molecular weight is 290 g/mol. The summed E-state index contributed by atoms with van der Waals surface area (Å²) in [6.07, 6.45) is 0. The molecule has 2 rings (SSSR count). The van der Waals surface area contributed by atoms with Crippen LogP contribution in [0.25, 0.3) is 0 Å². The lowest BCUT2D eigenvalue weighted by Gasteiger charge is -2.27. The first kappa shape index (κ1) is 15.4. The molecule has 2 aromatic rings. The number of hydrogen-bond acceptors (Lipinski definition) is 2. The zero-order valence-electron chi connectivity index (χ0n) is 12.3. The zero-order chi connectivity index (χ0) is 15.4. The van der Waals surface area contributed by atoms with Crippen molar-refractivity contribution in [3.8, 4) is 0 Å². The van der Waals surface area contributed by atoms with Crippen LogP contribution in [0.4, 0.5) is 14.5 Å². The van der Waals surface area contributed by atoms with Crippen LogP contribution in [0.5, 0.6) is 0 Å². The fraction of sp³-hybridized carbons (Fsp3) is 0.294. The molecule has 0 spiro atoms. The van der Waals surface area contributed by atoms with Gasteiger partial charge in [0, 0.05) is 36.4 Å². The molecule has 21 heavy (non-hydrogen) atoms. The second-order valence-corrected chi connectivity index (χ2v) is 5.48. The van der Waals surface area contributed by atoms with Gasteiger partial charge in [0.15, 0.2) is 0 Å². The third kappa shape index (κ3) is 4.26. The first-order valence-electron chi connectivity index (χ1n) is 6.98. The van der Waals surface area contributed by atoms with Crippen molar-refractivity contribution in [1.82, 2.24) is 4.90 Å². The Kier molecular flexibility index (Phi) is 4.91. The summed E-state index contributed by atoms with van der Waals surface area (Å²) in [6, 6.07) is 11.6. The highest BCUT2D eigenvalue weighted by atomic mass is 19.1. The molecule has 0 fully saturated rings. The van der Waals surface area contributed by atoms with Crippen molar-refractivity contribution in [2.45, 2.75) is 33.0 Å². The van der Waals surface area contributed by atoms with Crippen molar-refractivity contribution in [1.29, 1.82) is 0 Å². The molecule has 0 amide bonds. The van der Waals surface area contributed by atoms with E-state index in [4.69, 9.17) is 5.73 Å². The highest BCUT2D eigenvalue weighted by Gasteiger charge is 2.14. The summed E-state index contributed by atoms with van der Waals surface area (Å²) in [5, 5.41) is 0. The van der Waals surface area contributed by atoms with Gasteiger partial charge in [-0.15, -0.1) is 0 Å². The molecule has 0 atom stereocenters. The molecule has 0 aliphatic heterocycles. The molecular weight excluding hydrogens is 270 g/mol. The van der Waals surface area contributed by atoms with Gasteiger partial charge in [-0.2, -0.15) is 0 Å². The van der Waals surface area contributed by atoms with Gasteiger partial charge in [-0.05, 0) is 37.6 Å². The number of halogens is 2. The Morgan fingerprint density at radius 2 is 1.81 bits per heavy atom. The molecule has 2 N–H and O–H groups in total. The Balaban J connectivity index is 2.16. The van der Waals surface area contributed by atoms with Crippen molar-refractivity contribution in [2.75, 3.05) is 5.73 Å². The van der Waals surface area contributed by atoms with Gasteiger partial charge in [-0.1, -0.05) is 18.2 Å². The van der Waals surface area contributed by atoms with Gasteiger partial charge in [0.1, 0.15) is 11.6 Å². The number of nitrogens with zero attached hydrogens (tertiary/aromatic N) is 1. The van der Waals surface area contributed by atoms with E-state index in [1.165, 1.54) is 12.1 Å². The second-order valence-electron chi connectivity index (χ2n) is 5.48. The van der Waals surface area contributed by atoms with Crippen LogP contribution in [0.3, 0.4) is 0 Å². The summed E-state index contributed by atoms with van der Waals surface area (Å²) in [7, 11) is 0. The fourth-order valence-electron chi connectivity index (χ4n) is 2.22. The molecule has 0 heterocycles. The van der Waals surface area contributed by atoms with Gasteiger partial charge in [0.05, 0.1) is 0 Å². The molecule has 2 nitrogen and oxygen atoms in total. The van der Waals surface area contributed by atoms with E-state index in [9.17, 15) is 8.78 Å². The van der Waals surface area contributed by atoms with Crippen LogP contribution in [-0.4, -0.2) is 10.9 Å². The van der Waals surface area contributed by atoms with Crippen LogP contribution in [0.1, 0.15) is 25.0 Å². The number of rotatable bonds is 5. The highest BCUT2D eigenvalue weighted by molar-refractivity contribution is 5.40. The third-order valence-corrected chi connectivity index (χ3v) is 3.46. The standard InChI is InChI=1S/C17H20F2N2/c1-12(2)21(10-13-4-3-5-16(20)8-13)11-14-6-7-15(18)9-17(14)19/h3-9,12H,10-11,20H2,1-2H3. The number of benzene rings is 2. The Morgan fingerprint density at radius 3 is 2.43 bits per heavy atom. The summed E-state index contributed by atoms with van der Waals surface area (Å²) < 4.78 is 26.8. The van der Waals surface area contributed by atoms with Crippen molar-refractivity contribution < 1.29 is 8.78 Å². The average Bonchev–Trinajstić information content (AvgIpc) is 2.40. The van der Waals surface area contributed by atoms with Crippen LogP contribution in [0.2, 0.25) is 0 Å². The van der Waals surface area contributed by atoms with E-state index in [0.29, 0.717) is 24.3 Å². The number of anilines is 1. The van der Waals surface area contributed by atoms with Crippen LogP contribution < -0.4 is 5.73 Å². The van der Waals surface area contributed by atoms with Crippen LogP contribution in [0.15, 0.2) is 42.5 Å². The molecule has 112 valence electrons. The van der Waals surface area contributed by atoms with Crippen molar-refractivity contribution in [3.05, 3.63) is 65.2 Å². The van der Waals surface area contributed by atoms with Crippen LogP contribution >= 0.6 is 0 Å². The number of nitrogen functional groups attached to an aromatic ring is 1. The van der Waals surface area contributed by atoms with Gasteiger partial charge >= 0.3 is 0 Å². The lowest BCUT2D eigenvalue weighted by Crippen LogP contribution is -2.30. The summed E-state index contributed by atoms with van der Waals surface area (Å²) in [4.78, 5) is 2.12. The van der Waals surface area contributed by atoms with E-state index >= 15 is 0 Å². The molecule has 0 saturated carbocycles. The van der Waals surface area contributed by atoms with Crippen molar-refractivity contribution in [2.24, 2.45) is 0 Å². The first-order valence-corrected chi connectivity index (χ1v) is 6.98. The molecule has 4 heteroatoms. The Bertz CT molecular complexity index is 611. The highest BCUT2D eigenvalue weighted by Crippen LogP contribution is 2.17. The molecule has 2 aromatic carbocycles. The Morgan fingerprint density at radius 1 is 1.05 bits per heavy atom. The quantitative estimate of drug-likeness (QED) is 0.845. The van der Waals surface area contributed by atoms with Gasteiger partial charge in [-0.3, -0.25) is 4.90 Å². The first-order chi connectivity index (χ1) is 9.95. The molecule has 0 radical (unpaired) electrons. The van der Waals surface area contributed by atoms with Gasteiger partial charge < -0.3 is 5.73 Å². The number of hydrogen-bond donors (Lipinski definition) is 1. The maximum atomic E-state index is 13.8. The zero-order valence-corrected chi connectivity index (χ0v) is 12.3. The van der Waals surface area contributed by atoms with Gasteiger partial charge in [0.25, 0.3) is 0 Å². The van der Waals surface area contributed by atoms with Gasteiger partial charge in [0.2, 0.25) is 0 Å². The topological polar surface area (TPSA) is 29.3 Å². The van der Waals surface area contributed by atoms with E-state index in [1.54, 1.807) is 0 Å². The summed E-state index contributed by atoms with van der Waals surface area (Å²) in [6.45, 7) is 5.19. The predicted octanol–water partition coefficient (Wildman–Crippen LogP) is 3.96. The molecule has 0 saturated heterocycles. The second kappa shape index (κ2) is 6.68. The lowest BCUT2D eigenvalue weighted by atomic mass is 10.1. The maximum Gasteiger partial charge on any atom is 0.130 e. The fourth-order valence-corrected chi connectivity index (χ4v) is 2.22. The molecule has 0 aliphatic rings. The summed E-state index contributed by atoms with van der Waals surface area (Å²) in [5.74, 6) is -1.06. The van der Waals surface area contributed by atoms with Crippen LogP contribution in [-0.2, 0) is 13.1 Å². The SMILES string of the molecule is CC(C)N(Cc1cccc(N)c1)Cc1ccc(F)cc1F. The lowest BCUT2D eigenvalue weighted by molar-refractivity contribution is 0.201. The summed E-state index contributed by atoms with van der Waals surface area (Å²) in [5.41, 5.74) is 8.07. The monoisotopic (exact) mass is 290 g/mol. The summed E-state index contributed by atoms with van der Waals surface area (Å²) >= 11 is 0. The minimum Gasteiger partial charge on any atom is -0.399 e. The minimum absolute atomic E-state index is 0.232. The van der Waals surface area contributed by atoms with Crippen molar-refractivity contribution in [3.63, 3.8) is 0 Å². The third-order valence-electron chi connectivity index (χ3n) is 3.46. The Labute approximate surface area is 124 Å². The van der Waals surface area contributed by atoms with E-state index in [0.717, 1.165) is 11.6 Å². The van der Waals surface area contributed by atoms with E-state index in [2.05, 4.69) is 4.90 Å². The smallest absolute Gasteiger partial charge is 0.130 e. The predicted molar refractivity (Wildman–Crippen MR) is 81.6 cm³/mol. The molecule has 0 aliphatic carbocycles. The number of nitrogens with two attached hydrogens (primary N) is 1. The minimum atomic E-state index is -0.553. The van der Waals surface area contributed by atoms with E-state index in [1.807, 2.05) is 38.1 Å². The van der Waals surface area contributed by atoms with Crippen molar-refractivity contribution >= 4 is 5.69 Å². The largest absolute Gasteiger partial charge is 0.399 e. The maximum absolute atomic E-state index is 13.8. The van der Waals surface area contributed by atoms with E-state index < -0.39 is 11.6 Å². The molecule has 0 bridgehead atoms. The Hall–Kier alpha value is -1.94. The molecule has 0 unspecified atom stereocenters. The van der Waals surface area contributed by atoms with Crippen LogP contribution in [0, 0.1) is 11.6 Å². The molecule has 0 aromatic heterocycles. The van der Waals surface area contributed by atoms with E-state index in [-0.39, 0.29) is 6.04 Å². The van der Waals surface area contributed by atoms with Gasteiger partial charge in [-0.25, -0.2) is 8.78 Å². The molecular formula is C17H20F2N2. The normalized spacial score (nSPS) is 11.3.